The molecule has 0 saturated heterocycles. The van der Waals surface area contributed by atoms with Crippen molar-refractivity contribution in [2.24, 2.45) is 0 Å². The Morgan fingerprint density at radius 1 is 1.05 bits per heavy atom. The summed E-state index contributed by atoms with van der Waals surface area (Å²) in [5.41, 5.74) is 3.46. The Morgan fingerprint density at radius 2 is 1.76 bits per heavy atom. The molecule has 0 atom stereocenters. The molecule has 0 spiro atoms. The van der Waals surface area contributed by atoms with E-state index in [2.05, 4.69) is 71.1 Å². The summed E-state index contributed by atoms with van der Waals surface area (Å²) in [6.07, 6.45) is 0. The molecule has 0 fully saturated rings. The van der Waals surface area contributed by atoms with Crippen molar-refractivity contribution in [3.63, 3.8) is 0 Å². The SMILES string of the molecule is CCN(CC)c1nc(NC)nc(-c2ccc(C)cc2C)n1. The molecule has 21 heavy (non-hydrogen) atoms. The van der Waals surface area contributed by atoms with Gasteiger partial charge in [0.2, 0.25) is 11.9 Å². The normalized spacial score (nSPS) is 10.5. The van der Waals surface area contributed by atoms with Gasteiger partial charge in [0.15, 0.2) is 5.82 Å². The van der Waals surface area contributed by atoms with E-state index in [4.69, 9.17) is 0 Å². The minimum absolute atomic E-state index is 0.599. The molecule has 5 heteroatoms. The van der Waals surface area contributed by atoms with Gasteiger partial charge in [-0.15, -0.1) is 0 Å². The summed E-state index contributed by atoms with van der Waals surface area (Å²) < 4.78 is 0. The summed E-state index contributed by atoms with van der Waals surface area (Å²) in [5.74, 6) is 2.03. The Kier molecular flexibility index (Phi) is 4.73. The van der Waals surface area contributed by atoms with Crippen molar-refractivity contribution in [2.75, 3.05) is 30.4 Å². The van der Waals surface area contributed by atoms with Crippen LogP contribution in [0.2, 0.25) is 0 Å². The maximum absolute atomic E-state index is 4.65. The third-order valence-corrected chi connectivity index (χ3v) is 3.52. The molecule has 0 saturated carbocycles. The minimum Gasteiger partial charge on any atom is -0.357 e. The Balaban J connectivity index is 2.55. The van der Waals surface area contributed by atoms with Crippen LogP contribution in [0.15, 0.2) is 18.2 Å². The highest BCUT2D eigenvalue weighted by atomic mass is 15.3. The van der Waals surface area contributed by atoms with Crippen LogP contribution in [-0.2, 0) is 0 Å². The van der Waals surface area contributed by atoms with Crippen LogP contribution in [0.5, 0.6) is 0 Å². The fourth-order valence-corrected chi connectivity index (χ4v) is 2.31. The molecule has 0 aliphatic heterocycles. The predicted molar refractivity (Wildman–Crippen MR) is 87.8 cm³/mol. The van der Waals surface area contributed by atoms with E-state index in [-0.39, 0.29) is 0 Å². The monoisotopic (exact) mass is 285 g/mol. The maximum Gasteiger partial charge on any atom is 0.230 e. The van der Waals surface area contributed by atoms with Crippen molar-refractivity contribution < 1.29 is 0 Å². The van der Waals surface area contributed by atoms with Gasteiger partial charge in [-0.05, 0) is 33.3 Å². The highest BCUT2D eigenvalue weighted by Crippen LogP contribution is 2.23. The number of hydrogen-bond donors (Lipinski definition) is 1. The Labute approximate surface area is 126 Å². The van der Waals surface area contributed by atoms with Crippen LogP contribution in [-0.4, -0.2) is 35.1 Å². The molecule has 0 aliphatic carbocycles. The summed E-state index contributed by atoms with van der Waals surface area (Å²) in [6, 6.07) is 6.31. The highest BCUT2D eigenvalue weighted by Gasteiger charge is 2.13. The molecule has 1 aromatic heterocycles. The molecule has 1 heterocycles. The van der Waals surface area contributed by atoms with Gasteiger partial charge >= 0.3 is 0 Å². The largest absolute Gasteiger partial charge is 0.357 e. The van der Waals surface area contributed by atoms with Crippen LogP contribution in [0.25, 0.3) is 11.4 Å². The van der Waals surface area contributed by atoms with Crippen molar-refractivity contribution in [1.82, 2.24) is 15.0 Å². The van der Waals surface area contributed by atoms with Crippen LogP contribution in [0.3, 0.4) is 0 Å². The number of aromatic nitrogens is 3. The van der Waals surface area contributed by atoms with E-state index in [9.17, 15) is 0 Å². The molecule has 0 bridgehead atoms. The predicted octanol–water partition coefficient (Wildman–Crippen LogP) is 3.04. The molecule has 0 radical (unpaired) electrons. The van der Waals surface area contributed by atoms with Crippen LogP contribution >= 0.6 is 0 Å². The first-order valence-corrected chi connectivity index (χ1v) is 7.35. The van der Waals surface area contributed by atoms with Gasteiger partial charge in [0.1, 0.15) is 0 Å². The summed E-state index contributed by atoms with van der Waals surface area (Å²) >= 11 is 0. The number of hydrogen-bond acceptors (Lipinski definition) is 5. The molecule has 2 aromatic rings. The first-order chi connectivity index (χ1) is 10.1. The zero-order chi connectivity index (χ0) is 15.4. The molecular weight excluding hydrogens is 262 g/mol. The lowest BCUT2D eigenvalue weighted by Gasteiger charge is -2.19. The minimum atomic E-state index is 0.599. The van der Waals surface area contributed by atoms with Gasteiger partial charge < -0.3 is 10.2 Å². The molecule has 0 amide bonds. The van der Waals surface area contributed by atoms with Gasteiger partial charge in [0.25, 0.3) is 0 Å². The van der Waals surface area contributed by atoms with Crippen molar-refractivity contribution in [3.05, 3.63) is 29.3 Å². The third-order valence-electron chi connectivity index (χ3n) is 3.52. The number of rotatable bonds is 5. The van der Waals surface area contributed by atoms with Gasteiger partial charge in [-0.25, -0.2) is 0 Å². The Morgan fingerprint density at radius 3 is 2.33 bits per heavy atom. The molecule has 1 aromatic carbocycles. The lowest BCUT2D eigenvalue weighted by Crippen LogP contribution is -2.25. The number of anilines is 2. The topological polar surface area (TPSA) is 53.9 Å². The van der Waals surface area contributed by atoms with Crippen molar-refractivity contribution >= 4 is 11.9 Å². The first-order valence-electron chi connectivity index (χ1n) is 7.35. The summed E-state index contributed by atoms with van der Waals surface area (Å²) in [5, 5.41) is 3.02. The highest BCUT2D eigenvalue weighted by molar-refractivity contribution is 5.63. The zero-order valence-electron chi connectivity index (χ0n) is 13.4. The van der Waals surface area contributed by atoms with Crippen LogP contribution in [0.4, 0.5) is 11.9 Å². The standard InChI is InChI=1S/C16H23N5/c1-6-21(7-2)16-19-14(18-15(17-5)20-16)13-9-8-11(3)10-12(13)4/h8-10H,6-7H2,1-5H3,(H,17,18,19,20). The second-order valence-electron chi connectivity index (χ2n) is 5.02. The van der Waals surface area contributed by atoms with Crippen LogP contribution in [0, 0.1) is 13.8 Å². The second-order valence-corrected chi connectivity index (χ2v) is 5.02. The van der Waals surface area contributed by atoms with E-state index in [1.807, 2.05) is 7.05 Å². The number of nitrogens with one attached hydrogen (secondary N) is 1. The lowest BCUT2D eigenvalue weighted by atomic mass is 10.1. The van der Waals surface area contributed by atoms with Gasteiger partial charge in [0.05, 0.1) is 0 Å². The molecule has 1 N–H and O–H groups in total. The van der Waals surface area contributed by atoms with E-state index in [0.29, 0.717) is 17.7 Å². The summed E-state index contributed by atoms with van der Waals surface area (Å²) in [6.45, 7) is 10.1. The van der Waals surface area contributed by atoms with Crippen molar-refractivity contribution in [1.29, 1.82) is 0 Å². The third kappa shape index (κ3) is 3.29. The average molecular weight is 285 g/mol. The number of aryl methyl sites for hydroxylation is 2. The fraction of sp³-hybridized carbons (Fsp3) is 0.438. The van der Waals surface area contributed by atoms with E-state index < -0.39 is 0 Å². The molecule has 5 nitrogen and oxygen atoms in total. The fourth-order valence-electron chi connectivity index (χ4n) is 2.31. The molecular formula is C16H23N5. The van der Waals surface area contributed by atoms with E-state index in [1.54, 1.807) is 0 Å². The summed E-state index contributed by atoms with van der Waals surface area (Å²) in [7, 11) is 1.83. The lowest BCUT2D eigenvalue weighted by molar-refractivity contribution is 0.815. The maximum atomic E-state index is 4.65. The number of benzene rings is 1. The van der Waals surface area contributed by atoms with Gasteiger partial charge in [-0.3, -0.25) is 0 Å². The van der Waals surface area contributed by atoms with Crippen molar-refractivity contribution in [2.45, 2.75) is 27.7 Å². The zero-order valence-corrected chi connectivity index (χ0v) is 13.4. The summed E-state index contributed by atoms with van der Waals surface area (Å²) in [4.78, 5) is 15.7. The van der Waals surface area contributed by atoms with E-state index in [1.165, 1.54) is 11.1 Å². The Bertz CT molecular complexity index is 620. The average Bonchev–Trinajstić information content (AvgIpc) is 2.48. The van der Waals surface area contributed by atoms with E-state index in [0.717, 1.165) is 18.7 Å². The van der Waals surface area contributed by atoms with Crippen LogP contribution in [0.1, 0.15) is 25.0 Å². The molecule has 2 rings (SSSR count). The first kappa shape index (κ1) is 15.2. The van der Waals surface area contributed by atoms with Crippen LogP contribution < -0.4 is 10.2 Å². The van der Waals surface area contributed by atoms with Gasteiger partial charge in [0, 0.05) is 25.7 Å². The van der Waals surface area contributed by atoms with Gasteiger partial charge in [-0.2, -0.15) is 15.0 Å². The molecule has 112 valence electrons. The van der Waals surface area contributed by atoms with Gasteiger partial charge in [-0.1, -0.05) is 23.8 Å². The Hall–Kier alpha value is -2.17. The smallest absolute Gasteiger partial charge is 0.230 e. The number of nitrogens with zero attached hydrogens (tertiary/aromatic N) is 4. The molecule has 0 aliphatic rings. The van der Waals surface area contributed by atoms with E-state index >= 15 is 0 Å². The van der Waals surface area contributed by atoms with Crippen molar-refractivity contribution in [3.8, 4) is 11.4 Å². The quantitative estimate of drug-likeness (QED) is 0.915. The molecule has 0 unspecified atom stereocenters. The second kappa shape index (κ2) is 6.52.